The van der Waals surface area contributed by atoms with Crippen molar-refractivity contribution in [2.24, 2.45) is 10.7 Å². The number of nitrogens with zero attached hydrogens (tertiary/aromatic N) is 2. The molecule has 2 aromatic carbocycles. The summed E-state index contributed by atoms with van der Waals surface area (Å²) in [6, 6.07) is 10.4. The van der Waals surface area contributed by atoms with E-state index in [1.54, 1.807) is 7.05 Å². The third-order valence-corrected chi connectivity index (χ3v) is 6.13. The summed E-state index contributed by atoms with van der Waals surface area (Å²) in [4.78, 5) is 18.9. The van der Waals surface area contributed by atoms with Crippen LogP contribution in [0.1, 0.15) is 34.3 Å². The first-order chi connectivity index (χ1) is 15.2. The number of alkyl halides is 3. The number of nitrogens with two attached hydrogens (primary N) is 1. The number of hydrogen-bond donors (Lipinski definition) is 1. The molecule has 2 aromatic rings. The molecule has 0 aliphatic carbocycles. The van der Waals surface area contributed by atoms with Crippen LogP contribution in [-0.4, -0.2) is 42.3 Å². The predicted molar refractivity (Wildman–Crippen MR) is 116 cm³/mol. The first-order valence-electron chi connectivity index (χ1n) is 10.0. The molecular formula is C23H21ClF3N3O2. The number of amides is 1. The highest BCUT2D eigenvalue weighted by atomic mass is 35.5. The van der Waals surface area contributed by atoms with E-state index in [9.17, 15) is 18.0 Å². The summed E-state index contributed by atoms with van der Waals surface area (Å²) in [6.07, 6.45) is -2.27. The Balaban J connectivity index is 1.59. The summed E-state index contributed by atoms with van der Waals surface area (Å²) in [5, 5.41) is -0.138. The Morgan fingerprint density at radius 2 is 1.91 bits per heavy atom. The molecule has 5 nitrogen and oxygen atoms in total. The standard InChI is InChI=1S/C23H21ClF3N3O2/c1-29-20-17-4-2-3-5-19(17)32-22(18(20)13-28)6-8-30(9-7-22)21(31)14-10-15(23(25,26)27)12-16(24)11-14/h2-5,10-13H,6-9,28H2,1H3. The van der Waals surface area contributed by atoms with Gasteiger partial charge in [-0.2, -0.15) is 13.2 Å². The Morgan fingerprint density at radius 3 is 2.53 bits per heavy atom. The van der Waals surface area contributed by atoms with E-state index >= 15 is 0 Å². The number of piperidine rings is 1. The molecule has 0 radical (unpaired) electrons. The summed E-state index contributed by atoms with van der Waals surface area (Å²) in [5.41, 5.74) is 6.47. The van der Waals surface area contributed by atoms with Gasteiger partial charge in [-0.3, -0.25) is 9.79 Å². The number of carbonyl (C=O) groups is 1. The molecule has 0 bridgehead atoms. The van der Waals surface area contributed by atoms with Gasteiger partial charge in [0.05, 0.1) is 11.3 Å². The SMILES string of the molecule is CN=C1C(=CN)C2(CCN(C(=O)c3cc(Cl)cc(C(F)(F)F)c3)CC2)Oc2ccccc21. The zero-order valence-corrected chi connectivity index (χ0v) is 18.0. The molecule has 1 spiro atoms. The van der Waals surface area contributed by atoms with E-state index < -0.39 is 23.2 Å². The molecule has 1 amide bonds. The normalized spacial score (nSPS) is 20.3. The number of carbonyl (C=O) groups excluding carboxylic acids is 1. The lowest BCUT2D eigenvalue weighted by Gasteiger charge is -2.46. The van der Waals surface area contributed by atoms with Gasteiger partial charge in [-0.25, -0.2) is 0 Å². The zero-order chi connectivity index (χ0) is 23.1. The van der Waals surface area contributed by atoms with Gasteiger partial charge < -0.3 is 15.4 Å². The van der Waals surface area contributed by atoms with Crippen LogP contribution in [0.15, 0.2) is 59.2 Å². The van der Waals surface area contributed by atoms with Gasteiger partial charge in [0.25, 0.3) is 5.91 Å². The van der Waals surface area contributed by atoms with Crippen LogP contribution in [-0.2, 0) is 6.18 Å². The predicted octanol–water partition coefficient (Wildman–Crippen LogP) is 4.69. The number of ether oxygens (including phenoxy) is 1. The lowest BCUT2D eigenvalue weighted by molar-refractivity contribution is -0.137. The zero-order valence-electron chi connectivity index (χ0n) is 17.2. The first kappa shape index (κ1) is 22.2. The highest BCUT2D eigenvalue weighted by Crippen LogP contribution is 2.43. The highest BCUT2D eigenvalue weighted by Gasteiger charge is 2.46. The Hall–Kier alpha value is -3.00. The van der Waals surface area contributed by atoms with Crippen LogP contribution < -0.4 is 10.5 Å². The van der Waals surface area contributed by atoms with Crippen LogP contribution in [0.3, 0.4) is 0 Å². The van der Waals surface area contributed by atoms with Crippen molar-refractivity contribution in [2.45, 2.75) is 24.6 Å². The molecule has 0 aromatic heterocycles. The highest BCUT2D eigenvalue weighted by molar-refractivity contribution is 6.31. The second-order valence-corrected chi connectivity index (χ2v) is 8.20. The lowest BCUT2D eigenvalue weighted by atomic mass is 9.78. The molecule has 168 valence electrons. The van der Waals surface area contributed by atoms with Crippen LogP contribution in [0.2, 0.25) is 5.02 Å². The van der Waals surface area contributed by atoms with E-state index in [-0.39, 0.29) is 23.7 Å². The number of fused-ring (bicyclic) bond motifs is 1. The average Bonchev–Trinajstić information content (AvgIpc) is 2.77. The number of hydrogen-bond acceptors (Lipinski definition) is 4. The second-order valence-electron chi connectivity index (χ2n) is 7.76. The van der Waals surface area contributed by atoms with Gasteiger partial charge in [-0.1, -0.05) is 23.7 Å². The third kappa shape index (κ3) is 3.83. The van der Waals surface area contributed by atoms with Gasteiger partial charge in [0.2, 0.25) is 0 Å². The summed E-state index contributed by atoms with van der Waals surface area (Å²) in [7, 11) is 1.69. The average molecular weight is 464 g/mol. The van der Waals surface area contributed by atoms with Gasteiger partial charge >= 0.3 is 6.18 Å². The molecule has 1 fully saturated rings. The summed E-state index contributed by atoms with van der Waals surface area (Å²) in [6.45, 7) is 0.562. The summed E-state index contributed by atoms with van der Waals surface area (Å²) < 4.78 is 45.8. The molecule has 0 saturated carbocycles. The monoisotopic (exact) mass is 463 g/mol. The van der Waals surface area contributed by atoms with E-state index in [4.69, 9.17) is 22.1 Å². The molecule has 4 rings (SSSR count). The van der Waals surface area contributed by atoms with Crippen molar-refractivity contribution in [3.8, 4) is 5.75 Å². The summed E-state index contributed by atoms with van der Waals surface area (Å²) in [5.74, 6) is 0.176. The van der Waals surface area contributed by atoms with Crippen LogP contribution in [0, 0.1) is 0 Å². The maximum atomic E-state index is 13.1. The van der Waals surface area contributed by atoms with Gasteiger partial charge in [0, 0.05) is 60.9 Å². The molecule has 2 aliphatic heterocycles. The van der Waals surface area contributed by atoms with E-state index in [1.807, 2.05) is 24.3 Å². The van der Waals surface area contributed by atoms with Gasteiger partial charge in [0.1, 0.15) is 11.4 Å². The molecule has 0 atom stereocenters. The Kier molecular flexibility index (Phi) is 5.67. The maximum Gasteiger partial charge on any atom is 0.416 e. The summed E-state index contributed by atoms with van der Waals surface area (Å²) >= 11 is 5.85. The topological polar surface area (TPSA) is 67.9 Å². The van der Waals surface area contributed by atoms with E-state index in [0.717, 1.165) is 29.0 Å². The molecule has 2 heterocycles. The first-order valence-corrected chi connectivity index (χ1v) is 10.4. The molecule has 32 heavy (non-hydrogen) atoms. The fourth-order valence-corrected chi connectivity index (χ4v) is 4.59. The number of rotatable bonds is 1. The molecule has 2 N–H and O–H groups in total. The Labute approximate surface area is 188 Å². The fourth-order valence-electron chi connectivity index (χ4n) is 4.35. The van der Waals surface area contributed by atoms with Crippen molar-refractivity contribution in [2.75, 3.05) is 20.1 Å². The van der Waals surface area contributed by atoms with E-state index in [2.05, 4.69) is 4.99 Å². The van der Waals surface area contributed by atoms with Crippen LogP contribution >= 0.6 is 11.6 Å². The van der Waals surface area contributed by atoms with Crippen molar-refractivity contribution >= 4 is 23.2 Å². The van der Waals surface area contributed by atoms with Gasteiger partial charge in [-0.15, -0.1) is 0 Å². The number of para-hydroxylation sites is 1. The minimum Gasteiger partial charge on any atom is -0.482 e. The molecule has 0 unspecified atom stereocenters. The number of benzene rings is 2. The smallest absolute Gasteiger partial charge is 0.416 e. The van der Waals surface area contributed by atoms with Gasteiger partial charge in [0.15, 0.2) is 0 Å². The quantitative estimate of drug-likeness (QED) is 0.667. The van der Waals surface area contributed by atoms with Crippen molar-refractivity contribution in [1.82, 2.24) is 4.90 Å². The Morgan fingerprint density at radius 1 is 1.22 bits per heavy atom. The van der Waals surface area contributed by atoms with E-state index in [1.165, 1.54) is 17.2 Å². The second kappa shape index (κ2) is 8.16. The molecular weight excluding hydrogens is 443 g/mol. The fraction of sp³-hybridized carbons (Fsp3) is 0.304. The maximum absolute atomic E-state index is 13.1. The van der Waals surface area contributed by atoms with Crippen molar-refractivity contribution in [3.05, 3.63) is 76.0 Å². The van der Waals surface area contributed by atoms with Crippen LogP contribution in [0.4, 0.5) is 13.2 Å². The van der Waals surface area contributed by atoms with Crippen LogP contribution in [0.25, 0.3) is 0 Å². The number of likely N-dealkylation sites (tertiary alicyclic amines) is 1. The van der Waals surface area contributed by atoms with E-state index in [0.29, 0.717) is 18.6 Å². The Bertz CT molecular complexity index is 1120. The van der Waals surface area contributed by atoms with Crippen molar-refractivity contribution in [1.29, 1.82) is 0 Å². The van der Waals surface area contributed by atoms with Crippen molar-refractivity contribution < 1.29 is 22.7 Å². The minimum absolute atomic E-state index is 0.0962. The van der Waals surface area contributed by atoms with Gasteiger partial charge in [-0.05, 0) is 30.3 Å². The van der Waals surface area contributed by atoms with Crippen molar-refractivity contribution in [3.63, 3.8) is 0 Å². The lowest BCUT2D eigenvalue weighted by Crippen LogP contribution is -2.54. The molecule has 2 aliphatic rings. The van der Waals surface area contributed by atoms with Crippen LogP contribution in [0.5, 0.6) is 5.75 Å². The molecule has 1 saturated heterocycles. The number of halogens is 4. The molecule has 9 heteroatoms. The number of aliphatic imine (C=N–C) groups is 1. The largest absolute Gasteiger partial charge is 0.482 e. The minimum atomic E-state index is -4.59. The third-order valence-electron chi connectivity index (χ3n) is 5.91.